The standard InChI is InChI=1S/C16H17NO4/c1-2-9-20-11-3-5-12(6-4-11)21-13-7-8-14(16(18)19)15(17)10-13/h3-8,10H,2,9,17H2,1H3,(H,18,19). The second kappa shape index (κ2) is 6.65. The summed E-state index contributed by atoms with van der Waals surface area (Å²) < 4.78 is 11.1. The zero-order valence-electron chi connectivity index (χ0n) is 11.7. The Balaban J connectivity index is 2.07. The predicted octanol–water partition coefficient (Wildman–Crippen LogP) is 3.55. The first-order valence-electron chi connectivity index (χ1n) is 6.63. The topological polar surface area (TPSA) is 81.8 Å². The second-order valence-electron chi connectivity index (χ2n) is 4.48. The van der Waals surface area contributed by atoms with E-state index in [1.54, 1.807) is 18.2 Å². The van der Waals surface area contributed by atoms with Crippen LogP contribution in [0.1, 0.15) is 23.7 Å². The molecule has 0 atom stereocenters. The lowest BCUT2D eigenvalue weighted by molar-refractivity contribution is 0.0698. The molecule has 0 heterocycles. The van der Waals surface area contributed by atoms with Gasteiger partial charge >= 0.3 is 5.97 Å². The Bertz CT molecular complexity index is 623. The minimum absolute atomic E-state index is 0.0608. The van der Waals surface area contributed by atoms with Gasteiger partial charge in [-0.2, -0.15) is 0 Å². The quantitative estimate of drug-likeness (QED) is 0.794. The Morgan fingerprint density at radius 1 is 1.10 bits per heavy atom. The summed E-state index contributed by atoms with van der Waals surface area (Å²) in [5.74, 6) is 0.836. The van der Waals surface area contributed by atoms with Gasteiger partial charge in [0.15, 0.2) is 0 Å². The Kier molecular flexibility index (Phi) is 4.66. The molecule has 0 fully saturated rings. The number of nitrogens with two attached hydrogens (primary N) is 1. The number of carbonyl (C=O) groups is 1. The summed E-state index contributed by atoms with van der Waals surface area (Å²) in [6.07, 6.45) is 0.952. The van der Waals surface area contributed by atoms with E-state index < -0.39 is 5.97 Å². The van der Waals surface area contributed by atoms with Gasteiger partial charge < -0.3 is 20.3 Å². The predicted molar refractivity (Wildman–Crippen MR) is 80.1 cm³/mol. The maximum Gasteiger partial charge on any atom is 0.337 e. The molecule has 0 spiro atoms. The molecule has 0 aliphatic rings. The van der Waals surface area contributed by atoms with Gasteiger partial charge in [-0.05, 0) is 42.8 Å². The lowest BCUT2D eigenvalue weighted by atomic mass is 10.2. The van der Waals surface area contributed by atoms with Crippen molar-refractivity contribution in [1.29, 1.82) is 0 Å². The van der Waals surface area contributed by atoms with Gasteiger partial charge in [0.2, 0.25) is 0 Å². The molecule has 3 N–H and O–H groups in total. The van der Waals surface area contributed by atoms with Crippen LogP contribution >= 0.6 is 0 Å². The number of hydrogen-bond acceptors (Lipinski definition) is 4. The van der Waals surface area contributed by atoms with Crippen LogP contribution in [0.3, 0.4) is 0 Å². The van der Waals surface area contributed by atoms with Crippen molar-refractivity contribution in [3.8, 4) is 17.2 Å². The van der Waals surface area contributed by atoms with Crippen LogP contribution in [0.2, 0.25) is 0 Å². The number of rotatable bonds is 6. The van der Waals surface area contributed by atoms with Crippen LogP contribution in [0, 0.1) is 0 Å². The number of aromatic carboxylic acids is 1. The SMILES string of the molecule is CCCOc1ccc(Oc2ccc(C(=O)O)c(N)c2)cc1. The highest BCUT2D eigenvalue weighted by Gasteiger charge is 2.09. The second-order valence-corrected chi connectivity index (χ2v) is 4.48. The third kappa shape index (κ3) is 3.89. The van der Waals surface area contributed by atoms with E-state index in [9.17, 15) is 4.79 Å². The summed E-state index contributed by atoms with van der Waals surface area (Å²) in [6, 6.07) is 11.7. The van der Waals surface area contributed by atoms with Gasteiger partial charge in [-0.25, -0.2) is 4.79 Å². The summed E-state index contributed by atoms with van der Waals surface area (Å²) in [4.78, 5) is 10.9. The first kappa shape index (κ1) is 14.7. The molecular weight excluding hydrogens is 270 g/mol. The van der Waals surface area contributed by atoms with Crippen LogP contribution < -0.4 is 15.2 Å². The molecule has 0 aliphatic heterocycles. The van der Waals surface area contributed by atoms with Gasteiger partial charge in [-0.1, -0.05) is 6.92 Å². The van der Waals surface area contributed by atoms with E-state index in [1.165, 1.54) is 12.1 Å². The number of carboxylic acids is 1. The molecule has 21 heavy (non-hydrogen) atoms. The number of nitrogen functional groups attached to an aromatic ring is 1. The summed E-state index contributed by atoms with van der Waals surface area (Å²) in [5, 5.41) is 8.91. The fraction of sp³-hybridized carbons (Fsp3) is 0.188. The van der Waals surface area contributed by atoms with Crippen molar-refractivity contribution >= 4 is 11.7 Å². The first-order valence-corrected chi connectivity index (χ1v) is 6.63. The Hall–Kier alpha value is -2.69. The highest BCUT2D eigenvalue weighted by molar-refractivity contribution is 5.93. The van der Waals surface area contributed by atoms with Crippen molar-refractivity contribution in [2.75, 3.05) is 12.3 Å². The highest BCUT2D eigenvalue weighted by Crippen LogP contribution is 2.26. The zero-order valence-corrected chi connectivity index (χ0v) is 11.7. The summed E-state index contributed by atoms with van der Waals surface area (Å²) in [7, 11) is 0. The van der Waals surface area contributed by atoms with Crippen molar-refractivity contribution in [3.05, 3.63) is 48.0 Å². The molecule has 2 aromatic rings. The number of benzene rings is 2. The number of ether oxygens (including phenoxy) is 2. The van der Waals surface area contributed by atoms with E-state index in [-0.39, 0.29) is 11.3 Å². The molecule has 0 saturated carbocycles. The molecule has 5 nitrogen and oxygen atoms in total. The maximum absolute atomic E-state index is 10.9. The summed E-state index contributed by atoms with van der Waals surface area (Å²) >= 11 is 0. The molecule has 0 radical (unpaired) electrons. The average Bonchev–Trinajstić information content (AvgIpc) is 2.46. The van der Waals surface area contributed by atoms with E-state index >= 15 is 0 Å². The van der Waals surface area contributed by atoms with Gasteiger partial charge in [-0.15, -0.1) is 0 Å². The molecular formula is C16H17NO4. The minimum Gasteiger partial charge on any atom is -0.494 e. The maximum atomic E-state index is 10.9. The van der Waals surface area contributed by atoms with Crippen molar-refractivity contribution < 1.29 is 19.4 Å². The number of carboxylic acid groups (broad SMARTS) is 1. The van der Waals surface area contributed by atoms with Gasteiger partial charge in [0.05, 0.1) is 12.2 Å². The lowest BCUT2D eigenvalue weighted by Gasteiger charge is -2.09. The van der Waals surface area contributed by atoms with E-state index in [0.717, 1.165) is 12.2 Å². The molecule has 2 rings (SSSR count). The largest absolute Gasteiger partial charge is 0.494 e. The molecule has 0 saturated heterocycles. The van der Waals surface area contributed by atoms with Gasteiger partial charge in [-0.3, -0.25) is 0 Å². The Labute approximate surface area is 122 Å². The molecule has 5 heteroatoms. The minimum atomic E-state index is -1.06. The monoisotopic (exact) mass is 287 g/mol. The molecule has 0 bridgehead atoms. The smallest absolute Gasteiger partial charge is 0.337 e. The fourth-order valence-corrected chi connectivity index (χ4v) is 1.76. The van der Waals surface area contributed by atoms with Crippen LogP contribution in [0.15, 0.2) is 42.5 Å². The zero-order chi connectivity index (χ0) is 15.2. The normalized spacial score (nSPS) is 10.1. The van der Waals surface area contributed by atoms with Crippen molar-refractivity contribution in [3.63, 3.8) is 0 Å². The number of anilines is 1. The molecule has 0 aliphatic carbocycles. The molecule has 2 aromatic carbocycles. The highest BCUT2D eigenvalue weighted by atomic mass is 16.5. The third-order valence-electron chi connectivity index (χ3n) is 2.79. The van der Waals surface area contributed by atoms with E-state index in [4.69, 9.17) is 20.3 Å². The van der Waals surface area contributed by atoms with E-state index in [1.807, 2.05) is 19.1 Å². The lowest BCUT2D eigenvalue weighted by Crippen LogP contribution is -2.02. The molecule has 0 unspecified atom stereocenters. The Morgan fingerprint density at radius 3 is 2.29 bits per heavy atom. The van der Waals surface area contributed by atoms with Crippen LogP contribution in [-0.2, 0) is 0 Å². The summed E-state index contributed by atoms with van der Waals surface area (Å²) in [6.45, 7) is 2.72. The van der Waals surface area contributed by atoms with Gasteiger partial charge in [0.1, 0.15) is 17.2 Å². The van der Waals surface area contributed by atoms with Crippen LogP contribution in [0.25, 0.3) is 0 Å². The third-order valence-corrected chi connectivity index (χ3v) is 2.79. The fourth-order valence-electron chi connectivity index (χ4n) is 1.76. The number of hydrogen-bond donors (Lipinski definition) is 2. The van der Waals surface area contributed by atoms with E-state index in [2.05, 4.69) is 0 Å². The average molecular weight is 287 g/mol. The van der Waals surface area contributed by atoms with Crippen LogP contribution in [-0.4, -0.2) is 17.7 Å². The molecule has 0 amide bonds. The summed E-state index contributed by atoms with van der Waals surface area (Å²) in [5.41, 5.74) is 5.90. The van der Waals surface area contributed by atoms with Crippen LogP contribution in [0.5, 0.6) is 17.2 Å². The molecule has 110 valence electrons. The van der Waals surface area contributed by atoms with Gasteiger partial charge in [0.25, 0.3) is 0 Å². The van der Waals surface area contributed by atoms with Crippen LogP contribution in [0.4, 0.5) is 5.69 Å². The Morgan fingerprint density at radius 2 is 1.71 bits per heavy atom. The van der Waals surface area contributed by atoms with Gasteiger partial charge in [0, 0.05) is 11.8 Å². The van der Waals surface area contributed by atoms with Crippen molar-refractivity contribution in [1.82, 2.24) is 0 Å². The first-order chi connectivity index (χ1) is 10.1. The van der Waals surface area contributed by atoms with Crippen molar-refractivity contribution in [2.45, 2.75) is 13.3 Å². The van der Waals surface area contributed by atoms with Crippen molar-refractivity contribution in [2.24, 2.45) is 0 Å². The van der Waals surface area contributed by atoms with E-state index in [0.29, 0.717) is 18.1 Å². The molecule has 0 aromatic heterocycles.